The van der Waals surface area contributed by atoms with Crippen LogP contribution in [-0.2, 0) is 28.7 Å². The second kappa shape index (κ2) is 10.9. The van der Waals surface area contributed by atoms with Gasteiger partial charge in [0.25, 0.3) is 0 Å². The highest BCUT2D eigenvalue weighted by Crippen LogP contribution is 1.94. The van der Waals surface area contributed by atoms with Crippen LogP contribution in [0, 0.1) is 0 Å². The molecular weight excluding hydrogens is 276 g/mol. The van der Waals surface area contributed by atoms with Gasteiger partial charge in [-0.25, -0.2) is 4.79 Å². The van der Waals surface area contributed by atoms with Gasteiger partial charge >= 0.3 is 17.9 Å². The van der Waals surface area contributed by atoms with E-state index in [0.717, 1.165) is 7.11 Å². The van der Waals surface area contributed by atoms with Crippen molar-refractivity contribution in [1.29, 1.82) is 0 Å². The molecule has 0 amide bonds. The summed E-state index contributed by atoms with van der Waals surface area (Å²) in [5.41, 5.74) is 0. The summed E-state index contributed by atoms with van der Waals surface area (Å²) in [6.07, 6.45) is -3.65. The number of ketones is 1. The number of ether oxygens (including phenoxy) is 2. The minimum Gasteiger partial charge on any atom is -0.481 e. The first kappa shape index (κ1) is 20.3. The Bertz CT molecular complexity index is 350. The Kier molecular flexibility index (Phi) is 11.1. The number of rotatable bonds is 6. The molecule has 0 aliphatic rings. The zero-order valence-electron chi connectivity index (χ0n) is 11.4. The predicted molar refractivity (Wildman–Crippen MR) is 63.6 cm³/mol. The lowest BCUT2D eigenvalue weighted by molar-refractivity contribution is -0.155. The number of hydrogen-bond acceptors (Lipinski definition) is 8. The zero-order valence-corrected chi connectivity index (χ0v) is 11.4. The Morgan fingerprint density at radius 1 is 0.950 bits per heavy atom. The van der Waals surface area contributed by atoms with Crippen LogP contribution >= 0.6 is 0 Å². The lowest BCUT2D eigenvalue weighted by atomic mass is 10.2. The van der Waals surface area contributed by atoms with Gasteiger partial charge in [-0.05, 0) is 6.92 Å². The molecule has 0 aromatic heterocycles. The van der Waals surface area contributed by atoms with Crippen LogP contribution in [0.15, 0.2) is 0 Å². The van der Waals surface area contributed by atoms with Crippen LogP contribution in [0.25, 0.3) is 0 Å². The number of esters is 2. The first-order chi connectivity index (χ1) is 9.15. The molecule has 0 aromatic carbocycles. The van der Waals surface area contributed by atoms with E-state index in [1.165, 1.54) is 14.0 Å². The summed E-state index contributed by atoms with van der Waals surface area (Å²) in [6, 6.07) is 0. The van der Waals surface area contributed by atoms with Gasteiger partial charge in [-0.2, -0.15) is 0 Å². The third-order valence-electron chi connectivity index (χ3n) is 1.90. The summed E-state index contributed by atoms with van der Waals surface area (Å²) in [7, 11) is 2.28. The van der Waals surface area contributed by atoms with Crippen molar-refractivity contribution in [1.82, 2.24) is 0 Å². The number of aliphatic carboxylic acids is 1. The van der Waals surface area contributed by atoms with E-state index in [-0.39, 0.29) is 6.42 Å². The monoisotopic (exact) mass is 294 g/mol. The van der Waals surface area contributed by atoms with Crippen LogP contribution in [0.2, 0.25) is 0 Å². The highest BCUT2D eigenvalue weighted by Gasteiger charge is 2.18. The molecule has 0 fully saturated rings. The predicted octanol–water partition coefficient (Wildman–Crippen LogP) is -1.51. The highest BCUT2D eigenvalue weighted by molar-refractivity contribution is 5.85. The zero-order chi connectivity index (χ0) is 16.3. The Hall–Kier alpha value is -2.00. The van der Waals surface area contributed by atoms with Crippen molar-refractivity contribution >= 4 is 23.7 Å². The topological polar surface area (TPSA) is 147 Å². The standard InChI is InChI=1S/C6H10O4.C5H8O5/c1-4(7)5(8)3-6(9)10-2;1-10-5(9)3(6)2-4(7)8/h5,8H,3H2,1-2H3;3,6H,2H2,1H3,(H,7,8). The summed E-state index contributed by atoms with van der Waals surface area (Å²) < 4.78 is 8.28. The normalized spacial score (nSPS) is 12.2. The molecule has 0 rings (SSSR count). The van der Waals surface area contributed by atoms with Crippen LogP contribution in [0.3, 0.4) is 0 Å². The van der Waals surface area contributed by atoms with E-state index in [4.69, 9.17) is 15.3 Å². The number of Topliss-reactive ketones (excluding diaryl/α,β-unsaturated/α-hetero) is 1. The molecule has 0 saturated heterocycles. The Labute approximate surface area is 115 Å². The van der Waals surface area contributed by atoms with Gasteiger partial charge in [-0.1, -0.05) is 0 Å². The van der Waals surface area contributed by atoms with Crippen molar-refractivity contribution in [2.24, 2.45) is 0 Å². The molecular formula is C11H18O9. The largest absolute Gasteiger partial charge is 0.481 e. The molecule has 116 valence electrons. The van der Waals surface area contributed by atoms with E-state index in [9.17, 15) is 19.2 Å². The van der Waals surface area contributed by atoms with Crippen LogP contribution in [-0.4, -0.2) is 65.4 Å². The summed E-state index contributed by atoms with van der Waals surface area (Å²) in [5.74, 6) is -3.17. The van der Waals surface area contributed by atoms with Crippen LogP contribution < -0.4 is 0 Å². The van der Waals surface area contributed by atoms with Crippen molar-refractivity contribution in [2.75, 3.05) is 14.2 Å². The molecule has 20 heavy (non-hydrogen) atoms. The van der Waals surface area contributed by atoms with Crippen molar-refractivity contribution < 1.29 is 44.0 Å². The highest BCUT2D eigenvalue weighted by atomic mass is 16.5. The number of aliphatic hydroxyl groups is 2. The first-order valence-electron chi connectivity index (χ1n) is 5.38. The maximum absolute atomic E-state index is 10.4. The lowest BCUT2D eigenvalue weighted by Gasteiger charge is -2.03. The quantitative estimate of drug-likeness (QED) is 0.497. The minimum atomic E-state index is -1.55. The smallest absolute Gasteiger partial charge is 0.335 e. The maximum atomic E-state index is 10.4. The number of aliphatic hydroxyl groups excluding tert-OH is 2. The molecule has 0 saturated carbocycles. The molecule has 0 aliphatic carbocycles. The molecule has 0 aromatic rings. The average Bonchev–Trinajstić information content (AvgIpc) is 2.37. The molecule has 0 bridgehead atoms. The van der Waals surface area contributed by atoms with Crippen LogP contribution in [0.1, 0.15) is 19.8 Å². The third-order valence-corrected chi connectivity index (χ3v) is 1.90. The van der Waals surface area contributed by atoms with E-state index in [0.29, 0.717) is 0 Å². The Morgan fingerprint density at radius 2 is 1.45 bits per heavy atom. The van der Waals surface area contributed by atoms with Crippen LogP contribution in [0.5, 0.6) is 0 Å². The van der Waals surface area contributed by atoms with Gasteiger partial charge < -0.3 is 24.8 Å². The van der Waals surface area contributed by atoms with E-state index in [1.807, 2.05) is 0 Å². The fourth-order valence-corrected chi connectivity index (χ4v) is 0.770. The molecule has 0 spiro atoms. The van der Waals surface area contributed by atoms with E-state index >= 15 is 0 Å². The van der Waals surface area contributed by atoms with E-state index in [1.54, 1.807) is 0 Å². The second-order valence-electron chi connectivity index (χ2n) is 3.54. The number of carbonyl (C=O) groups excluding carboxylic acids is 3. The molecule has 0 heterocycles. The summed E-state index contributed by atoms with van der Waals surface area (Å²) in [6.45, 7) is 1.22. The lowest BCUT2D eigenvalue weighted by Crippen LogP contribution is -2.24. The van der Waals surface area contributed by atoms with E-state index < -0.39 is 42.3 Å². The van der Waals surface area contributed by atoms with Gasteiger partial charge in [-0.15, -0.1) is 0 Å². The van der Waals surface area contributed by atoms with Gasteiger partial charge in [-0.3, -0.25) is 14.4 Å². The van der Waals surface area contributed by atoms with E-state index in [2.05, 4.69) is 9.47 Å². The van der Waals surface area contributed by atoms with Crippen molar-refractivity contribution in [3.63, 3.8) is 0 Å². The molecule has 2 unspecified atom stereocenters. The van der Waals surface area contributed by atoms with Crippen molar-refractivity contribution in [3.05, 3.63) is 0 Å². The number of carboxylic acid groups (broad SMARTS) is 1. The molecule has 2 atom stereocenters. The minimum absolute atomic E-state index is 0.258. The summed E-state index contributed by atoms with van der Waals surface area (Å²) in [5, 5.41) is 25.5. The van der Waals surface area contributed by atoms with Gasteiger partial charge in [0.15, 0.2) is 11.9 Å². The van der Waals surface area contributed by atoms with Crippen LogP contribution in [0.4, 0.5) is 0 Å². The van der Waals surface area contributed by atoms with Gasteiger partial charge in [0, 0.05) is 0 Å². The van der Waals surface area contributed by atoms with Crippen molar-refractivity contribution in [3.8, 4) is 0 Å². The molecule has 9 heteroatoms. The summed E-state index contributed by atoms with van der Waals surface area (Å²) >= 11 is 0. The Morgan fingerprint density at radius 3 is 1.75 bits per heavy atom. The van der Waals surface area contributed by atoms with Gasteiger partial charge in [0.2, 0.25) is 0 Å². The van der Waals surface area contributed by atoms with Gasteiger partial charge in [0.05, 0.1) is 27.1 Å². The van der Waals surface area contributed by atoms with Gasteiger partial charge in [0.1, 0.15) is 6.10 Å². The Balaban J connectivity index is 0. The first-order valence-corrected chi connectivity index (χ1v) is 5.38. The SMILES string of the molecule is COC(=O)C(O)CC(=O)O.COC(=O)CC(O)C(C)=O. The fourth-order valence-electron chi connectivity index (χ4n) is 0.770. The molecule has 0 aliphatic heterocycles. The molecule has 3 N–H and O–H groups in total. The number of carbonyl (C=O) groups is 4. The second-order valence-corrected chi connectivity index (χ2v) is 3.54. The number of hydrogen-bond donors (Lipinski definition) is 3. The number of carboxylic acids is 1. The average molecular weight is 294 g/mol. The molecule has 0 radical (unpaired) electrons. The third kappa shape index (κ3) is 11.1. The van der Waals surface area contributed by atoms with Crippen molar-refractivity contribution in [2.45, 2.75) is 32.0 Å². The fraction of sp³-hybridized carbons (Fsp3) is 0.636. The number of methoxy groups -OCH3 is 2. The summed E-state index contributed by atoms with van der Waals surface area (Å²) in [4.78, 5) is 40.9. The maximum Gasteiger partial charge on any atom is 0.335 e. The molecule has 9 nitrogen and oxygen atoms in total.